The summed E-state index contributed by atoms with van der Waals surface area (Å²) < 4.78 is 14.7. The van der Waals surface area contributed by atoms with E-state index < -0.39 is 0 Å². The maximum absolute atomic E-state index is 13.3. The Bertz CT molecular complexity index is 964. The van der Waals surface area contributed by atoms with E-state index in [0.29, 0.717) is 17.1 Å². The summed E-state index contributed by atoms with van der Waals surface area (Å²) >= 11 is 0. The van der Waals surface area contributed by atoms with E-state index in [1.807, 2.05) is 13.8 Å². The maximum Gasteiger partial charge on any atom is 0.276 e. The maximum atomic E-state index is 13.3. The molecular formula is C20H19FN4O2. The van der Waals surface area contributed by atoms with Crippen LogP contribution in [-0.4, -0.2) is 21.6 Å². The molecule has 0 fully saturated rings. The molecule has 6 nitrogen and oxygen atoms in total. The van der Waals surface area contributed by atoms with Crippen LogP contribution in [0.4, 0.5) is 15.8 Å². The number of nitrogens with one attached hydrogen (secondary N) is 2. The number of halogens is 1. The fraction of sp³-hybridized carbons (Fsp3) is 0.150. The van der Waals surface area contributed by atoms with Crippen molar-refractivity contribution >= 4 is 23.2 Å². The molecule has 1 heterocycles. The minimum Gasteiger partial charge on any atom is -0.326 e. The molecule has 7 heteroatoms. The highest BCUT2D eigenvalue weighted by molar-refractivity contribution is 6.03. The lowest BCUT2D eigenvalue weighted by molar-refractivity contribution is -0.118. The third-order valence-corrected chi connectivity index (χ3v) is 3.83. The predicted octanol–water partition coefficient (Wildman–Crippen LogP) is 3.86. The van der Waals surface area contributed by atoms with E-state index in [1.54, 1.807) is 48.7 Å². The third kappa shape index (κ3) is 4.58. The van der Waals surface area contributed by atoms with Gasteiger partial charge in [0.25, 0.3) is 5.91 Å². The number of rotatable bonds is 5. The smallest absolute Gasteiger partial charge is 0.276 e. The summed E-state index contributed by atoms with van der Waals surface area (Å²) in [5, 5.41) is 9.69. The molecule has 0 bridgehead atoms. The number of anilines is 2. The van der Waals surface area contributed by atoms with E-state index in [4.69, 9.17) is 0 Å². The van der Waals surface area contributed by atoms with Crippen LogP contribution in [0.1, 0.15) is 24.3 Å². The van der Waals surface area contributed by atoms with Gasteiger partial charge in [-0.3, -0.25) is 9.59 Å². The van der Waals surface area contributed by atoms with Gasteiger partial charge < -0.3 is 10.6 Å². The van der Waals surface area contributed by atoms with E-state index in [-0.39, 0.29) is 29.2 Å². The van der Waals surface area contributed by atoms with Gasteiger partial charge in [-0.25, -0.2) is 9.07 Å². The summed E-state index contributed by atoms with van der Waals surface area (Å²) in [5.41, 5.74) is 1.96. The second-order valence-electron chi connectivity index (χ2n) is 6.30. The molecule has 2 N–H and O–H groups in total. The first kappa shape index (κ1) is 18.3. The Balaban J connectivity index is 1.66. The first-order valence-corrected chi connectivity index (χ1v) is 8.46. The molecule has 0 aliphatic carbocycles. The SMILES string of the molecule is CC(C)C(=O)Nc1ccc(NC(=O)c2ccn(-c3cccc(F)c3)n2)cc1. The molecular weight excluding hydrogens is 347 g/mol. The fourth-order valence-corrected chi connectivity index (χ4v) is 2.33. The van der Waals surface area contributed by atoms with Crippen molar-refractivity contribution in [3.8, 4) is 5.69 Å². The first-order valence-electron chi connectivity index (χ1n) is 8.46. The van der Waals surface area contributed by atoms with Crippen LogP contribution in [0, 0.1) is 11.7 Å². The Hall–Kier alpha value is -3.48. The van der Waals surface area contributed by atoms with Crippen LogP contribution < -0.4 is 10.6 Å². The van der Waals surface area contributed by atoms with Gasteiger partial charge in [0.2, 0.25) is 5.91 Å². The minimum absolute atomic E-state index is 0.0744. The zero-order chi connectivity index (χ0) is 19.4. The lowest BCUT2D eigenvalue weighted by Gasteiger charge is -2.09. The second kappa shape index (κ2) is 7.82. The van der Waals surface area contributed by atoms with Crippen molar-refractivity contribution in [2.75, 3.05) is 10.6 Å². The summed E-state index contributed by atoms with van der Waals surface area (Å²) in [7, 11) is 0. The van der Waals surface area contributed by atoms with Gasteiger partial charge in [-0.15, -0.1) is 0 Å². The number of aromatic nitrogens is 2. The monoisotopic (exact) mass is 366 g/mol. The van der Waals surface area contributed by atoms with Crippen molar-refractivity contribution in [3.05, 3.63) is 72.3 Å². The molecule has 27 heavy (non-hydrogen) atoms. The molecule has 0 atom stereocenters. The van der Waals surface area contributed by atoms with Crippen molar-refractivity contribution in [2.45, 2.75) is 13.8 Å². The van der Waals surface area contributed by atoms with Crippen LogP contribution in [0.15, 0.2) is 60.8 Å². The van der Waals surface area contributed by atoms with E-state index in [2.05, 4.69) is 15.7 Å². The van der Waals surface area contributed by atoms with Crippen molar-refractivity contribution in [1.29, 1.82) is 0 Å². The van der Waals surface area contributed by atoms with Gasteiger partial charge in [-0.2, -0.15) is 5.10 Å². The number of benzene rings is 2. The molecule has 0 aliphatic heterocycles. The molecule has 2 amide bonds. The average Bonchev–Trinajstić information content (AvgIpc) is 3.13. The van der Waals surface area contributed by atoms with Gasteiger partial charge in [-0.1, -0.05) is 19.9 Å². The lowest BCUT2D eigenvalue weighted by atomic mass is 10.2. The standard InChI is InChI=1S/C20H19FN4O2/c1-13(2)19(26)22-15-6-8-16(9-7-15)23-20(27)18-10-11-25(24-18)17-5-3-4-14(21)12-17/h3-13H,1-2H3,(H,22,26)(H,23,27). The Labute approximate surface area is 156 Å². The highest BCUT2D eigenvalue weighted by Crippen LogP contribution is 2.16. The van der Waals surface area contributed by atoms with Crippen molar-refractivity contribution < 1.29 is 14.0 Å². The molecule has 0 saturated carbocycles. The van der Waals surface area contributed by atoms with Crippen LogP contribution in [0.25, 0.3) is 5.69 Å². The molecule has 0 unspecified atom stereocenters. The van der Waals surface area contributed by atoms with Crippen LogP contribution >= 0.6 is 0 Å². The van der Waals surface area contributed by atoms with Crippen molar-refractivity contribution in [2.24, 2.45) is 5.92 Å². The molecule has 0 saturated heterocycles. The third-order valence-electron chi connectivity index (χ3n) is 3.83. The summed E-state index contributed by atoms with van der Waals surface area (Å²) in [4.78, 5) is 24.0. The molecule has 138 valence electrons. The Morgan fingerprint density at radius 1 is 1.00 bits per heavy atom. The number of amides is 2. The van der Waals surface area contributed by atoms with Gasteiger partial charge >= 0.3 is 0 Å². The van der Waals surface area contributed by atoms with E-state index in [1.165, 1.54) is 16.8 Å². The van der Waals surface area contributed by atoms with Gasteiger partial charge in [0.15, 0.2) is 5.69 Å². The number of nitrogens with zero attached hydrogens (tertiary/aromatic N) is 2. The Morgan fingerprint density at radius 3 is 2.30 bits per heavy atom. The van der Waals surface area contributed by atoms with E-state index in [9.17, 15) is 14.0 Å². The molecule has 0 spiro atoms. The zero-order valence-electron chi connectivity index (χ0n) is 14.9. The molecule has 2 aromatic carbocycles. The van der Waals surface area contributed by atoms with Gasteiger partial charge in [-0.05, 0) is 48.5 Å². The normalized spacial score (nSPS) is 10.7. The molecule has 3 aromatic rings. The van der Waals surface area contributed by atoms with E-state index in [0.717, 1.165) is 0 Å². The number of carbonyl (C=O) groups excluding carboxylic acids is 2. The van der Waals surface area contributed by atoms with Crippen LogP contribution in [-0.2, 0) is 4.79 Å². The van der Waals surface area contributed by atoms with Crippen molar-refractivity contribution in [3.63, 3.8) is 0 Å². The number of hydrogen-bond acceptors (Lipinski definition) is 3. The summed E-state index contributed by atoms with van der Waals surface area (Å²) in [6.45, 7) is 3.62. The van der Waals surface area contributed by atoms with Gasteiger partial charge in [0, 0.05) is 23.5 Å². The average molecular weight is 366 g/mol. The zero-order valence-corrected chi connectivity index (χ0v) is 14.9. The highest BCUT2D eigenvalue weighted by Gasteiger charge is 2.11. The fourth-order valence-electron chi connectivity index (χ4n) is 2.33. The largest absolute Gasteiger partial charge is 0.326 e. The Kier molecular flexibility index (Phi) is 5.30. The number of carbonyl (C=O) groups is 2. The molecule has 0 radical (unpaired) electrons. The minimum atomic E-state index is -0.385. The summed E-state index contributed by atoms with van der Waals surface area (Å²) in [6, 6.07) is 14.3. The van der Waals surface area contributed by atoms with Crippen LogP contribution in [0.2, 0.25) is 0 Å². The first-order chi connectivity index (χ1) is 12.9. The molecule has 3 rings (SSSR count). The topological polar surface area (TPSA) is 76.0 Å². The van der Waals surface area contributed by atoms with Gasteiger partial charge in [0.05, 0.1) is 5.69 Å². The predicted molar refractivity (Wildman–Crippen MR) is 101 cm³/mol. The number of hydrogen-bond donors (Lipinski definition) is 2. The lowest BCUT2D eigenvalue weighted by Crippen LogP contribution is -2.17. The summed E-state index contributed by atoms with van der Waals surface area (Å²) in [5.74, 6) is -0.949. The molecule has 0 aliphatic rings. The highest BCUT2D eigenvalue weighted by atomic mass is 19.1. The second-order valence-corrected chi connectivity index (χ2v) is 6.30. The quantitative estimate of drug-likeness (QED) is 0.720. The van der Waals surface area contributed by atoms with E-state index >= 15 is 0 Å². The summed E-state index contributed by atoms with van der Waals surface area (Å²) in [6.07, 6.45) is 1.59. The van der Waals surface area contributed by atoms with Crippen molar-refractivity contribution in [1.82, 2.24) is 9.78 Å². The Morgan fingerprint density at radius 2 is 1.67 bits per heavy atom. The molecule has 1 aromatic heterocycles. The van der Waals surface area contributed by atoms with Gasteiger partial charge in [0.1, 0.15) is 5.82 Å². The van der Waals surface area contributed by atoms with Crippen LogP contribution in [0.3, 0.4) is 0 Å². The van der Waals surface area contributed by atoms with Crippen LogP contribution in [0.5, 0.6) is 0 Å².